The van der Waals surface area contributed by atoms with Gasteiger partial charge in [0.25, 0.3) is 0 Å². The lowest BCUT2D eigenvalue weighted by atomic mass is 9.82. The van der Waals surface area contributed by atoms with Crippen LogP contribution in [0.2, 0.25) is 0 Å². The molecule has 1 aliphatic heterocycles. The average Bonchev–Trinajstić information content (AvgIpc) is 2.88. The molecule has 0 amide bonds. The molecule has 3 rings (SSSR count). The van der Waals surface area contributed by atoms with Crippen LogP contribution in [0, 0.1) is 21.8 Å². The van der Waals surface area contributed by atoms with Crippen LogP contribution in [0.15, 0.2) is 24.3 Å². The molecule has 1 aromatic carbocycles. The maximum absolute atomic E-state index is 13.6. The van der Waals surface area contributed by atoms with E-state index in [0.29, 0.717) is 18.4 Å². The minimum absolute atomic E-state index is 0.0425. The summed E-state index contributed by atoms with van der Waals surface area (Å²) in [5.74, 6) is -0.257. The van der Waals surface area contributed by atoms with Gasteiger partial charge >= 0.3 is 0 Å². The van der Waals surface area contributed by atoms with Crippen molar-refractivity contribution in [3.05, 3.63) is 45.8 Å². The van der Waals surface area contributed by atoms with Crippen LogP contribution in [0.5, 0.6) is 0 Å². The Balaban J connectivity index is 1.61. The number of hydrogen-bond acceptors (Lipinski definition) is 5. The molecule has 7 heteroatoms. The van der Waals surface area contributed by atoms with Gasteiger partial charge in [0.15, 0.2) is 0 Å². The Morgan fingerprint density at radius 1 is 1.33 bits per heavy atom. The lowest BCUT2D eigenvalue weighted by Crippen LogP contribution is -2.40. The highest BCUT2D eigenvalue weighted by Gasteiger charge is 2.44. The van der Waals surface area contributed by atoms with Gasteiger partial charge in [-0.3, -0.25) is 15.5 Å². The summed E-state index contributed by atoms with van der Waals surface area (Å²) < 4.78 is 19.3. The minimum atomic E-state index is -0.507. The summed E-state index contributed by atoms with van der Waals surface area (Å²) in [5.41, 5.74) is 6.65. The van der Waals surface area contributed by atoms with E-state index >= 15 is 0 Å². The van der Waals surface area contributed by atoms with Crippen LogP contribution in [-0.2, 0) is 11.3 Å². The number of halogens is 1. The highest BCUT2D eigenvalue weighted by Crippen LogP contribution is 2.32. The standard InChI is InChI=1S/C14H18FN3O3/c15-12-4-2-1-3-9(12)8-21-14-11-7-10(18(19)20)5-6-13(11)16-17-14/h1-4,10-11,13-14,16-17H,5-8H2. The largest absolute Gasteiger partial charge is 0.357 e. The van der Waals surface area contributed by atoms with Crippen LogP contribution in [-0.4, -0.2) is 23.2 Å². The highest BCUT2D eigenvalue weighted by molar-refractivity contribution is 5.16. The van der Waals surface area contributed by atoms with Crippen molar-refractivity contribution >= 4 is 0 Å². The van der Waals surface area contributed by atoms with Gasteiger partial charge in [-0.05, 0) is 12.5 Å². The van der Waals surface area contributed by atoms with Gasteiger partial charge < -0.3 is 4.74 Å². The monoisotopic (exact) mass is 295 g/mol. The van der Waals surface area contributed by atoms with Crippen molar-refractivity contribution in [1.82, 2.24) is 10.9 Å². The smallest absolute Gasteiger partial charge is 0.213 e. The molecule has 4 atom stereocenters. The summed E-state index contributed by atoms with van der Waals surface area (Å²) in [7, 11) is 0. The second kappa shape index (κ2) is 6.05. The maximum atomic E-state index is 13.6. The van der Waals surface area contributed by atoms with E-state index in [1.807, 2.05) is 0 Å². The van der Waals surface area contributed by atoms with Gasteiger partial charge in [-0.15, -0.1) is 0 Å². The van der Waals surface area contributed by atoms with E-state index in [9.17, 15) is 14.5 Å². The molecule has 1 aliphatic carbocycles. The molecule has 21 heavy (non-hydrogen) atoms. The molecule has 2 fully saturated rings. The first kappa shape index (κ1) is 14.4. The van der Waals surface area contributed by atoms with E-state index in [1.165, 1.54) is 6.07 Å². The van der Waals surface area contributed by atoms with Crippen molar-refractivity contribution in [2.45, 2.75) is 44.2 Å². The zero-order valence-electron chi connectivity index (χ0n) is 11.5. The third kappa shape index (κ3) is 3.04. The topological polar surface area (TPSA) is 76.4 Å². The molecule has 0 bridgehead atoms. The predicted octanol–water partition coefficient (Wildman–Crippen LogP) is 1.59. The number of hydrogen-bond donors (Lipinski definition) is 2. The second-order valence-corrected chi connectivity index (χ2v) is 5.63. The normalized spacial score (nSPS) is 31.9. The van der Waals surface area contributed by atoms with Gasteiger partial charge in [-0.1, -0.05) is 18.2 Å². The second-order valence-electron chi connectivity index (χ2n) is 5.63. The quantitative estimate of drug-likeness (QED) is 0.651. The van der Waals surface area contributed by atoms with Gasteiger partial charge in [0, 0.05) is 35.3 Å². The summed E-state index contributed by atoms with van der Waals surface area (Å²) in [6, 6.07) is 6.14. The molecule has 0 aromatic heterocycles. The molecule has 1 saturated carbocycles. The predicted molar refractivity (Wildman–Crippen MR) is 73.2 cm³/mol. The zero-order chi connectivity index (χ0) is 14.8. The van der Waals surface area contributed by atoms with Crippen LogP contribution >= 0.6 is 0 Å². The summed E-state index contributed by atoms with van der Waals surface area (Å²) >= 11 is 0. The zero-order valence-corrected chi connectivity index (χ0v) is 11.5. The first-order valence-corrected chi connectivity index (χ1v) is 7.14. The molecule has 1 heterocycles. The van der Waals surface area contributed by atoms with E-state index in [0.717, 1.165) is 6.42 Å². The number of hydrazine groups is 1. The van der Waals surface area contributed by atoms with E-state index < -0.39 is 6.04 Å². The average molecular weight is 295 g/mol. The van der Waals surface area contributed by atoms with Gasteiger partial charge in [-0.2, -0.15) is 0 Å². The molecule has 2 aliphatic rings. The van der Waals surface area contributed by atoms with Crippen molar-refractivity contribution in [2.24, 2.45) is 5.92 Å². The van der Waals surface area contributed by atoms with Gasteiger partial charge in [-0.25, -0.2) is 9.82 Å². The number of ether oxygens (including phenoxy) is 1. The first-order valence-electron chi connectivity index (χ1n) is 7.14. The molecular formula is C14H18FN3O3. The molecule has 0 radical (unpaired) electrons. The Kier molecular flexibility index (Phi) is 4.14. The maximum Gasteiger partial charge on any atom is 0.213 e. The number of nitrogens with one attached hydrogen (secondary N) is 2. The van der Waals surface area contributed by atoms with Crippen molar-refractivity contribution in [3.63, 3.8) is 0 Å². The summed E-state index contributed by atoms with van der Waals surface area (Å²) in [4.78, 5) is 10.7. The summed E-state index contributed by atoms with van der Waals surface area (Å²) in [6.07, 6.45) is 1.50. The van der Waals surface area contributed by atoms with Crippen LogP contribution in [0.1, 0.15) is 24.8 Å². The van der Waals surface area contributed by atoms with Crippen molar-refractivity contribution in [1.29, 1.82) is 0 Å². The van der Waals surface area contributed by atoms with E-state index in [2.05, 4.69) is 10.9 Å². The van der Waals surface area contributed by atoms with E-state index in [-0.39, 0.29) is 35.5 Å². The van der Waals surface area contributed by atoms with Gasteiger partial charge in [0.05, 0.1) is 6.61 Å². The molecule has 1 saturated heterocycles. The van der Waals surface area contributed by atoms with Crippen LogP contribution < -0.4 is 10.9 Å². The van der Waals surface area contributed by atoms with Crippen molar-refractivity contribution < 1.29 is 14.1 Å². The van der Waals surface area contributed by atoms with Crippen molar-refractivity contribution in [3.8, 4) is 0 Å². The molecular weight excluding hydrogens is 277 g/mol. The van der Waals surface area contributed by atoms with Gasteiger partial charge in [0.1, 0.15) is 12.0 Å². The fraction of sp³-hybridized carbons (Fsp3) is 0.571. The van der Waals surface area contributed by atoms with E-state index in [4.69, 9.17) is 4.74 Å². The molecule has 0 spiro atoms. The molecule has 114 valence electrons. The molecule has 4 unspecified atom stereocenters. The summed E-state index contributed by atoms with van der Waals surface area (Å²) in [6.45, 7) is 0.151. The fourth-order valence-corrected chi connectivity index (χ4v) is 3.14. The summed E-state index contributed by atoms with van der Waals surface area (Å²) in [5, 5.41) is 10.9. The van der Waals surface area contributed by atoms with E-state index in [1.54, 1.807) is 18.2 Å². The Morgan fingerprint density at radius 3 is 2.90 bits per heavy atom. The minimum Gasteiger partial charge on any atom is -0.357 e. The third-order valence-corrected chi connectivity index (χ3v) is 4.35. The van der Waals surface area contributed by atoms with Gasteiger partial charge in [0.2, 0.25) is 6.04 Å². The lowest BCUT2D eigenvalue weighted by Gasteiger charge is -2.28. The number of fused-ring (bicyclic) bond motifs is 1. The lowest BCUT2D eigenvalue weighted by molar-refractivity contribution is -0.528. The first-order chi connectivity index (χ1) is 10.1. The molecule has 6 nitrogen and oxygen atoms in total. The Hall–Kier alpha value is -1.57. The molecule has 1 aromatic rings. The number of benzene rings is 1. The van der Waals surface area contributed by atoms with Crippen molar-refractivity contribution in [2.75, 3.05) is 0 Å². The fourth-order valence-electron chi connectivity index (χ4n) is 3.14. The Morgan fingerprint density at radius 2 is 2.14 bits per heavy atom. The van der Waals surface area contributed by atoms with Crippen LogP contribution in [0.3, 0.4) is 0 Å². The molecule has 2 N–H and O–H groups in total. The van der Waals surface area contributed by atoms with Crippen LogP contribution in [0.25, 0.3) is 0 Å². The Labute approximate surface area is 121 Å². The SMILES string of the molecule is O=[N+]([O-])C1CCC2NNC(OCc3ccccc3F)C2C1. The number of rotatable bonds is 4. The number of nitrogens with zero attached hydrogens (tertiary/aromatic N) is 1. The highest BCUT2D eigenvalue weighted by atomic mass is 19.1. The van der Waals surface area contributed by atoms with Crippen LogP contribution in [0.4, 0.5) is 4.39 Å². The number of nitro groups is 1. The third-order valence-electron chi connectivity index (χ3n) is 4.35. The Bertz CT molecular complexity index is 528.